The lowest BCUT2D eigenvalue weighted by molar-refractivity contribution is 0.463. The van der Waals surface area contributed by atoms with Crippen molar-refractivity contribution in [3.05, 3.63) is 29.8 Å². The summed E-state index contributed by atoms with van der Waals surface area (Å²) in [7, 11) is -4.30. The molecule has 1 aromatic rings. The fourth-order valence-corrected chi connectivity index (χ4v) is 1.73. The van der Waals surface area contributed by atoms with E-state index in [-0.39, 0.29) is 4.90 Å². The van der Waals surface area contributed by atoms with Gasteiger partial charge in [0, 0.05) is 0 Å². The summed E-state index contributed by atoms with van der Waals surface area (Å²) in [6.45, 7) is 4.16. The Hall–Kier alpha value is -0.870. The maximum absolute atomic E-state index is 10.6. The number of rotatable bonds is 3. The summed E-state index contributed by atoms with van der Waals surface area (Å²) in [6, 6.07) is 6.09. The van der Waals surface area contributed by atoms with E-state index in [1.807, 2.05) is 0 Å². The van der Waals surface area contributed by atoms with Crippen molar-refractivity contribution in [1.29, 1.82) is 0 Å². The van der Waals surface area contributed by atoms with Crippen LogP contribution >= 0.6 is 0 Å². The average molecular weight is 213 g/mol. The first-order valence-electron chi connectivity index (χ1n) is 4.44. The van der Waals surface area contributed by atoms with Gasteiger partial charge in [-0.1, -0.05) is 26.0 Å². The molecule has 0 fully saturated rings. The predicted octanol–water partition coefficient (Wildman–Crippen LogP) is 1.79. The Labute approximate surface area is 84.5 Å². The van der Waals surface area contributed by atoms with Crippen LogP contribution in [0.4, 0.5) is 0 Å². The van der Waals surface area contributed by atoms with E-state index in [0.29, 0.717) is 5.92 Å². The minimum absolute atomic E-state index is 0.162. The van der Waals surface area contributed by atoms with E-state index < -0.39 is 10.1 Å². The Balaban J connectivity index is 2.90. The van der Waals surface area contributed by atoms with Crippen molar-refractivity contribution in [3.63, 3.8) is 0 Å². The summed E-state index contributed by atoms with van der Waals surface area (Å²) in [5.41, 5.74) is 1.05. The fourth-order valence-electron chi connectivity index (χ4n) is 1.26. The summed E-state index contributed by atoms with van der Waals surface area (Å²) in [5.74, 6) is 0.518. The van der Waals surface area contributed by atoms with E-state index in [1.165, 1.54) is 12.1 Å². The van der Waals surface area contributed by atoms with Crippen molar-refractivity contribution in [2.24, 2.45) is 5.92 Å². The van der Waals surface area contributed by atoms with Gasteiger partial charge in [-0.05, 0) is 30.0 Å². The van der Waals surface area contributed by atoms with Gasteiger partial charge in [0.25, 0.3) is 0 Å². The van der Waals surface area contributed by atoms with Gasteiger partial charge in [0.15, 0.2) is 0 Å². The van der Waals surface area contributed by atoms with Crippen molar-refractivity contribution in [1.82, 2.24) is 0 Å². The first kappa shape index (κ1) is 11.2. The molecule has 0 aliphatic rings. The third kappa shape index (κ3) is 3.12. The Bertz CT molecular complexity index is 390. The molecule has 4 heteroatoms. The van der Waals surface area contributed by atoms with Crippen LogP contribution in [0.1, 0.15) is 19.4 Å². The van der Waals surface area contributed by atoms with Crippen LogP contribution in [0.3, 0.4) is 0 Å². The molecule has 0 radical (unpaired) electrons. The second-order valence-electron chi connectivity index (χ2n) is 3.70. The lowest BCUT2D eigenvalue weighted by atomic mass is 10.0. The summed E-state index contributed by atoms with van der Waals surface area (Å²) in [4.78, 5) is -0.162. The highest BCUT2D eigenvalue weighted by molar-refractivity contribution is 7.85. The van der Waals surface area contributed by atoms with Gasteiger partial charge < -0.3 is 4.55 Å². The van der Waals surface area contributed by atoms with E-state index in [2.05, 4.69) is 13.8 Å². The van der Waals surface area contributed by atoms with Crippen molar-refractivity contribution in [2.45, 2.75) is 25.2 Å². The largest absolute Gasteiger partial charge is 0.744 e. The van der Waals surface area contributed by atoms with Crippen molar-refractivity contribution in [2.75, 3.05) is 0 Å². The molecular formula is C10H13O3S-. The Morgan fingerprint density at radius 1 is 1.21 bits per heavy atom. The molecule has 3 nitrogen and oxygen atoms in total. The van der Waals surface area contributed by atoms with Crippen LogP contribution in [-0.2, 0) is 16.5 Å². The SMILES string of the molecule is CC(C)Cc1ccc(S(=O)(=O)[O-])cc1. The Morgan fingerprint density at radius 2 is 1.71 bits per heavy atom. The lowest BCUT2D eigenvalue weighted by Gasteiger charge is -2.08. The standard InChI is InChI=1S/C10H14O3S/c1-8(2)7-9-3-5-10(6-4-9)14(11,12)13/h3-6,8H,7H2,1-2H3,(H,11,12,13)/p-1. The zero-order valence-corrected chi connectivity index (χ0v) is 9.04. The molecule has 1 rings (SSSR count). The third-order valence-electron chi connectivity index (χ3n) is 1.86. The summed E-state index contributed by atoms with van der Waals surface area (Å²) >= 11 is 0. The zero-order valence-electron chi connectivity index (χ0n) is 8.23. The molecule has 0 aliphatic heterocycles. The Morgan fingerprint density at radius 3 is 2.07 bits per heavy atom. The highest BCUT2D eigenvalue weighted by atomic mass is 32.2. The van der Waals surface area contributed by atoms with Gasteiger partial charge in [-0.2, -0.15) is 0 Å². The van der Waals surface area contributed by atoms with Crippen molar-refractivity contribution >= 4 is 10.1 Å². The van der Waals surface area contributed by atoms with E-state index in [1.54, 1.807) is 12.1 Å². The van der Waals surface area contributed by atoms with Gasteiger partial charge in [-0.25, -0.2) is 8.42 Å². The highest BCUT2D eigenvalue weighted by Crippen LogP contribution is 2.12. The van der Waals surface area contributed by atoms with Crippen LogP contribution < -0.4 is 0 Å². The van der Waals surface area contributed by atoms with Gasteiger partial charge in [0.1, 0.15) is 10.1 Å². The van der Waals surface area contributed by atoms with Gasteiger partial charge >= 0.3 is 0 Å². The van der Waals surface area contributed by atoms with E-state index >= 15 is 0 Å². The molecule has 14 heavy (non-hydrogen) atoms. The molecule has 0 saturated heterocycles. The van der Waals surface area contributed by atoms with E-state index in [0.717, 1.165) is 12.0 Å². The molecule has 1 aromatic carbocycles. The van der Waals surface area contributed by atoms with Gasteiger partial charge in [0.2, 0.25) is 0 Å². The minimum Gasteiger partial charge on any atom is -0.744 e. The van der Waals surface area contributed by atoms with Crippen LogP contribution in [-0.4, -0.2) is 13.0 Å². The summed E-state index contributed by atoms with van der Waals surface area (Å²) in [5, 5.41) is 0. The molecule has 0 amide bonds. The molecule has 0 N–H and O–H groups in total. The molecule has 0 saturated carbocycles. The van der Waals surface area contributed by atoms with E-state index in [4.69, 9.17) is 0 Å². The first-order valence-corrected chi connectivity index (χ1v) is 5.85. The molecular weight excluding hydrogens is 200 g/mol. The summed E-state index contributed by atoms with van der Waals surface area (Å²) in [6.07, 6.45) is 0.888. The van der Waals surface area contributed by atoms with Gasteiger partial charge in [-0.15, -0.1) is 0 Å². The lowest BCUT2D eigenvalue weighted by Crippen LogP contribution is -1.99. The van der Waals surface area contributed by atoms with Gasteiger partial charge in [-0.3, -0.25) is 0 Å². The van der Waals surface area contributed by atoms with Crippen LogP contribution in [0.5, 0.6) is 0 Å². The quantitative estimate of drug-likeness (QED) is 0.719. The fraction of sp³-hybridized carbons (Fsp3) is 0.400. The maximum Gasteiger partial charge on any atom is 0.124 e. The second-order valence-corrected chi connectivity index (χ2v) is 5.08. The molecule has 0 bridgehead atoms. The molecule has 0 heterocycles. The molecule has 0 atom stereocenters. The van der Waals surface area contributed by atoms with E-state index in [9.17, 15) is 13.0 Å². The van der Waals surface area contributed by atoms with Crippen LogP contribution in [0, 0.1) is 5.92 Å². The highest BCUT2D eigenvalue weighted by Gasteiger charge is 2.01. The molecule has 0 spiro atoms. The minimum atomic E-state index is -4.30. The maximum atomic E-state index is 10.6. The normalized spacial score (nSPS) is 12.0. The number of benzene rings is 1. The molecule has 0 unspecified atom stereocenters. The molecule has 0 aliphatic carbocycles. The monoisotopic (exact) mass is 213 g/mol. The number of hydrogen-bond donors (Lipinski definition) is 0. The van der Waals surface area contributed by atoms with Crippen molar-refractivity contribution in [3.8, 4) is 0 Å². The second kappa shape index (κ2) is 4.11. The molecule has 78 valence electrons. The third-order valence-corrected chi connectivity index (χ3v) is 2.71. The first-order chi connectivity index (χ1) is 6.39. The average Bonchev–Trinajstić information content (AvgIpc) is 2.02. The topological polar surface area (TPSA) is 57.2 Å². The zero-order chi connectivity index (χ0) is 10.8. The predicted molar refractivity (Wildman–Crippen MR) is 52.9 cm³/mol. The summed E-state index contributed by atoms with van der Waals surface area (Å²) < 4.78 is 31.8. The Kier molecular flexibility index (Phi) is 3.29. The number of hydrogen-bond acceptors (Lipinski definition) is 3. The van der Waals surface area contributed by atoms with Gasteiger partial charge in [0.05, 0.1) is 4.90 Å². The van der Waals surface area contributed by atoms with Crippen LogP contribution in [0.15, 0.2) is 29.2 Å². The molecule has 0 aromatic heterocycles. The van der Waals surface area contributed by atoms with Crippen LogP contribution in [0.2, 0.25) is 0 Å². The van der Waals surface area contributed by atoms with Crippen molar-refractivity contribution < 1.29 is 13.0 Å². The van der Waals surface area contributed by atoms with Crippen LogP contribution in [0.25, 0.3) is 0 Å². The smallest absolute Gasteiger partial charge is 0.124 e.